The monoisotopic (exact) mass is 345 g/mol. The van der Waals surface area contributed by atoms with Gasteiger partial charge in [-0.3, -0.25) is 4.79 Å². The quantitative estimate of drug-likeness (QED) is 0.695. The highest BCUT2D eigenvalue weighted by molar-refractivity contribution is 6.30. The van der Waals surface area contributed by atoms with Crippen LogP contribution in [0.1, 0.15) is 16.8 Å². The van der Waals surface area contributed by atoms with Crippen molar-refractivity contribution in [2.75, 3.05) is 13.1 Å². The lowest BCUT2D eigenvalue weighted by molar-refractivity contribution is -0.334. The summed E-state index contributed by atoms with van der Waals surface area (Å²) in [5.74, 6) is -0.882. The largest absolute Gasteiger partial charge is 0.404 e. The molecule has 0 aliphatic carbocycles. The molecule has 1 aromatic carbocycles. The maximum Gasteiger partial charge on any atom is 0.404 e. The number of halogens is 7. The first kappa shape index (κ1) is 16.9. The smallest absolute Gasteiger partial charge is 0.337 e. The van der Waals surface area contributed by atoms with Crippen LogP contribution in [0.2, 0.25) is 5.02 Å². The molecule has 9 heteroatoms. The van der Waals surface area contributed by atoms with Crippen molar-refractivity contribution in [1.29, 1.82) is 0 Å². The molecule has 0 unspecified atom stereocenters. The first-order chi connectivity index (χ1) is 9.98. The van der Waals surface area contributed by atoms with Crippen molar-refractivity contribution in [2.24, 2.45) is 5.41 Å². The van der Waals surface area contributed by atoms with E-state index < -0.39 is 43.2 Å². The van der Waals surface area contributed by atoms with E-state index in [0.29, 0.717) is 9.92 Å². The van der Waals surface area contributed by atoms with Gasteiger partial charge in [0.2, 0.25) is 0 Å². The average Bonchev–Trinajstić information content (AvgIpc) is 2.84. The third kappa shape index (κ3) is 2.76. The summed E-state index contributed by atoms with van der Waals surface area (Å²) in [7, 11) is 0. The van der Waals surface area contributed by atoms with Gasteiger partial charge in [0.25, 0.3) is 5.91 Å². The van der Waals surface area contributed by atoms with Crippen LogP contribution in [0.25, 0.3) is 0 Å². The number of rotatable bonds is 1. The number of alkyl halides is 6. The summed E-state index contributed by atoms with van der Waals surface area (Å²) in [5, 5.41) is 0.304. The average molecular weight is 346 g/mol. The molecule has 1 heterocycles. The standard InChI is InChI=1S/C13H10ClF6NO/c14-9-3-1-8(2-4-9)10(22)21-6-5-11(7-21,12(15,16)17)13(18,19)20/h1-4H,5-7H2. The molecule has 0 spiro atoms. The van der Waals surface area contributed by atoms with Gasteiger partial charge in [0.05, 0.1) is 0 Å². The predicted octanol–water partition coefficient (Wildman–Crippen LogP) is 4.30. The first-order valence-electron chi connectivity index (χ1n) is 6.16. The minimum Gasteiger partial charge on any atom is -0.337 e. The lowest BCUT2D eigenvalue weighted by Gasteiger charge is -2.33. The van der Waals surface area contributed by atoms with Crippen molar-refractivity contribution in [2.45, 2.75) is 18.8 Å². The Kier molecular flexibility index (Phi) is 4.10. The Morgan fingerprint density at radius 2 is 1.55 bits per heavy atom. The molecule has 1 aromatic rings. The molecule has 0 N–H and O–H groups in total. The molecule has 122 valence electrons. The number of hydrogen-bond donors (Lipinski definition) is 0. The van der Waals surface area contributed by atoms with Crippen LogP contribution < -0.4 is 0 Å². The van der Waals surface area contributed by atoms with E-state index >= 15 is 0 Å². The minimum absolute atomic E-state index is 0.00968. The highest BCUT2D eigenvalue weighted by atomic mass is 35.5. The third-order valence-corrected chi connectivity index (χ3v) is 3.98. The van der Waals surface area contributed by atoms with Gasteiger partial charge in [-0.1, -0.05) is 11.6 Å². The molecule has 0 saturated carbocycles. The van der Waals surface area contributed by atoms with Crippen LogP contribution >= 0.6 is 11.6 Å². The predicted molar refractivity (Wildman–Crippen MR) is 66.5 cm³/mol. The van der Waals surface area contributed by atoms with Crippen LogP contribution in [0.5, 0.6) is 0 Å². The van der Waals surface area contributed by atoms with Crippen molar-refractivity contribution in [3.63, 3.8) is 0 Å². The summed E-state index contributed by atoms with van der Waals surface area (Å²) in [6.45, 7) is -2.04. The van der Waals surface area contributed by atoms with E-state index in [1.54, 1.807) is 0 Å². The second kappa shape index (κ2) is 5.33. The number of carbonyl (C=O) groups excluding carboxylic acids is 1. The van der Waals surface area contributed by atoms with E-state index in [9.17, 15) is 31.1 Å². The van der Waals surface area contributed by atoms with Gasteiger partial charge in [-0.25, -0.2) is 0 Å². The number of carbonyl (C=O) groups is 1. The van der Waals surface area contributed by atoms with E-state index in [0.717, 1.165) is 0 Å². The van der Waals surface area contributed by atoms with Gasteiger partial charge in [0.1, 0.15) is 0 Å². The number of benzene rings is 1. The molecule has 1 saturated heterocycles. The maximum atomic E-state index is 12.9. The fourth-order valence-corrected chi connectivity index (χ4v) is 2.51. The summed E-state index contributed by atoms with van der Waals surface area (Å²) in [4.78, 5) is 12.6. The summed E-state index contributed by atoms with van der Waals surface area (Å²) in [5.41, 5.74) is -3.88. The van der Waals surface area contributed by atoms with Crippen LogP contribution in [0.15, 0.2) is 24.3 Å². The summed E-state index contributed by atoms with van der Waals surface area (Å²) >= 11 is 5.62. The Balaban J connectivity index is 2.27. The molecule has 1 fully saturated rings. The normalized spacial score (nSPS) is 18.6. The van der Waals surface area contributed by atoms with E-state index in [1.165, 1.54) is 24.3 Å². The minimum atomic E-state index is -5.47. The van der Waals surface area contributed by atoms with Gasteiger partial charge in [0.15, 0.2) is 5.41 Å². The van der Waals surface area contributed by atoms with Gasteiger partial charge in [0, 0.05) is 23.7 Å². The number of likely N-dealkylation sites (tertiary alicyclic amines) is 1. The fourth-order valence-electron chi connectivity index (χ4n) is 2.38. The molecule has 2 nitrogen and oxygen atoms in total. The second-order valence-electron chi connectivity index (χ2n) is 5.06. The molecule has 0 aromatic heterocycles. The molecule has 1 aliphatic rings. The van der Waals surface area contributed by atoms with Crippen LogP contribution in [0.4, 0.5) is 26.3 Å². The first-order valence-corrected chi connectivity index (χ1v) is 6.54. The Hall–Kier alpha value is -1.44. The van der Waals surface area contributed by atoms with Gasteiger partial charge < -0.3 is 4.90 Å². The topological polar surface area (TPSA) is 20.3 Å². The van der Waals surface area contributed by atoms with Gasteiger partial charge >= 0.3 is 12.4 Å². The highest BCUT2D eigenvalue weighted by Gasteiger charge is 2.72. The molecule has 0 radical (unpaired) electrons. The van der Waals surface area contributed by atoms with Gasteiger partial charge in [-0.2, -0.15) is 26.3 Å². The highest BCUT2D eigenvalue weighted by Crippen LogP contribution is 2.55. The zero-order valence-electron chi connectivity index (χ0n) is 10.9. The SMILES string of the molecule is O=C(c1ccc(Cl)cc1)N1CCC(C(F)(F)F)(C(F)(F)F)C1. The maximum absolute atomic E-state index is 12.9. The zero-order valence-corrected chi connectivity index (χ0v) is 11.7. The molecule has 0 atom stereocenters. The Morgan fingerprint density at radius 3 is 1.95 bits per heavy atom. The van der Waals surface area contributed by atoms with Crippen LogP contribution in [0, 0.1) is 5.41 Å². The molecule has 0 bridgehead atoms. The van der Waals surface area contributed by atoms with Crippen LogP contribution in [-0.2, 0) is 0 Å². The molecular weight excluding hydrogens is 336 g/mol. The second-order valence-corrected chi connectivity index (χ2v) is 5.50. The molecule has 1 amide bonds. The lowest BCUT2D eigenvalue weighted by Crippen LogP contribution is -2.52. The van der Waals surface area contributed by atoms with Crippen molar-refractivity contribution in [3.8, 4) is 0 Å². The van der Waals surface area contributed by atoms with E-state index in [1.807, 2.05) is 0 Å². The van der Waals surface area contributed by atoms with Crippen molar-refractivity contribution in [3.05, 3.63) is 34.9 Å². The molecule has 2 rings (SSSR count). The van der Waals surface area contributed by atoms with Crippen molar-refractivity contribution < 1.29 is 31.1 Å². The Morgan fingerprint density at radius 1 is 1.05 bits per heavy atom. The van der Waals surface area contributed by atoms with E-state index in [2.05, 4.69) is 0 Å². The summed E-state index contributed by atoms with van der Waals surface area (Å²) < 4.78 is 77.6. The molecular formula is C13H10ClF6NO. The van der Waals surface area contributed by atoms with E-state index in [4.69, 9.17) is 11.6 Å². The molecule has 22 heavy (non-hydrogen) atoms. The van der Waals surface area contributed by atoms with Crippen LogP contribution in [0.3, 0.4) is 0 Å². The zero-order chi connectivity index (χ0) is 16.8. The summed E-state index contributed by atoms with van der Waals surface area (Å²) in [6, 6.07) is 5.19. The van der Waals surface area contributed by atoms with Gasteiger partial charge in [-0.15, -0.1) is 0 Å². The number of hydrogen-bond acceptors (Lipinski definition) is 1. The summed E-state index contributed by atoms with van der Waals surface area (Å²) in [6.07, 6.45) is -12.1. The molecule has 1 aliphatic heterocycles. The Bertz CT molecular complexity index is 551. The lowest BCUT2D eigenvalue weighted by atomic mass is 9.85. The van der Waals surface area contributed by atoms with Gasteiger partial charge in [-0.05, 0) is 30.7 Å². The number of nitrogens with zero attached hydrogens (tertiary/aromatic N) is 1. The number of amides is 1. The fraction of sp³-hybridized carbons (Fsp3) is 0.462. The Labute approximate surface area is 126 Å². The van der Waals surface area contributed by atoms with Crippen molar-refractivity contribution in [1.82, 2.24) is 4.90 Å². The third-order valence-electron chi connectivity index (χ3n) is 3.73. The van der Waals surface area contributed by atoms with Crippen LogP contribution in [-0.4, -0.2) is 36.2 Å². The van der Waals surface area contributed by atoms with E-state index in [-0.39, 0.29) is 5.56 Å². The van der Waals surface area contributed by atoms with Crippen molar-refractivity contribution >= 4 is 17.5 Å².